The second-order valence-electron chi connectivity index (χ2n) is 12.3. The molecule has 2 heterocycles. The number of hydrogen-bond acceptors (Lipinski definition) is 11. The van der Waals surface area contributed by atoms with Crippen LogP contribution >= 0.6 is 0 Å². The van der Waals surface area contributed by atoms with Gasteiger partial charge < -0.3 is 39.0 Å². The number of likely N-dealkylation sites (N-methyl/N-ethyl adjacent to an activating group) is 1. The lowest BCUT2D eigenvalue weighted by molar-refractivity contribution is -0.175. The van der Waals surface area contributed by atoms with Crippen LogP contribution < -0.4 is 14.8 Å². The van der Waals surface area contributed by atoms with Gasteiger partial charge in [-0.15, -0.1) is 0 Å². The third kappa shape index (κ3) is 5.09. The normalized spacial score (nSPS) is 26.8. The third-order valence-electron chi connectivity index (χ3n) is 9.67. The summed E-state index contributed by atoms with van der Waals surface area (Å²) in [6.07, 6.45) is -0.239. The zero-order chi connectivity index (χ0) is 32.8. The fourth-order valence-corrected chi connectivity index (χ4v) is 7.54. The number of benzene rings is 2. The maximum absolute atomic E-state index is 13.2. The molecule has 0 unspecified atom stereocenters. The van der Waals surface area contributed by atoms with Crippen LogP contribution in [0.15, 0.2) is 54.3 Å². The summed E-state index contributed by atoms with van der Waals surface area (Å²) >= 11 is 0. The largest absolute Gasteiger partial charge is 0.493 e. The van der Waals surface area contributed by atoms with E-state index in [-0.39, 0.29) is 31.2 Å². The molecule has 46 heavy (non-hydrogen) atoms. The van der Waals surface area contributed by atoms with Crippen LogP contribution in [0.25, 0.3) is 0 Å². The van der Waals surface area contributed by atoms with Gasteiger partial charge >= 0.3 is 17.9 Å². The molecule has 2 bridgehead atoms. The zero-order valence-corrected chi connectivity index (χ0v) is 26.2. The number of nitrogens with one attached hydrogen (secondary N) is 1. The first-order valence-electron chi connectivity index (χ1n) is 15.4. The van der Waals surface area contributed by atoms with Gasteiger partial charge in [-0.25, -0.2) is 4.79 Å². The molecule has 6 rings (SSSR count). The Bertz CT molecular complexity index is 1590. The number of methoxy groups -OCH3 is 1. The van der Waals surface area contributed by atoms with Crippen LogP contribution in [0.2, 0.25) is 0 Å². The van der Waals surface area contributed by atoms with Gasteiger partial charge in [0.15, 0.2) is 23.7 Å². The molecular weight excluding hydrogens is 596 g/mol. The molecule has 1 amide bonds. The molecule has 0 saturated carbocycles. The van der Waals surface area contributed by atoms with E-state index in [1.165, 1.54) is 13.8 Å². The van der Waals surface area contributed by atoms with Gasteiger partial charge in [0.1, 0.15) is 5.76 Å². The molecule has 12 heteroatoms. The minimum absolute atomic E-state index is 0.107. The van der Waals surface area contributed by atoms with Crippen molar-refractivity contribution < 1.29 is 48.0 Å². The number of carbonyl (C=O) groups is 4. The Morgan fingerprint density at radius 1 is 1.13 bits per heavy atom. The van der Waals surface area contributed by atoms with Crippen molar-refractivity contribution >= 4 is 23.8 Å². The van der Waals surface area contributed by atoms with Gasteiger partial charge in [0.25, 0.3) is 5.91 Å². The lowest BCUT2D eigenvalue weighted by Crippen LogP contribution is -2.74. The van der Waals surface area contributed by atoms with Crippen LogP contribution in [0, 0.1) is 0 Å². The Morgan fingerprint density at radius 2 is 1.89 bits per heavy atom. The highest BCUT2D eigenvalue weighted by Gasteiger charge is 2.72. The molecule has 244 valence electrons. The van der Waals surface area contributed by atoms with Crippen molar-refractivity contribution in [2.45, 2.75) is 74.9 Å². The van der Waals surface area contributed by atoms with Crippen LogP contribution in [0.4, 0.5) is 0 Å². The molecule has 0 radical (unpaired) electrons. The van der Waals surface area contributed by atoms with Gasteiger partial charge in [0.05, 0.1) is 24.5 Å². The number of rotatable bonds is 10. The van der Waals surface area contributed by atoms with Crippen molar-refractivity contribution in [1.82, 2.24) is 10.2 Å². The molecule has 2 N–H and O–H groups in total. The van der Waals surface area contributed by atoms with E-state index in [1.54, 1.807) is 43.5 Å². The first-order valence-corrected chi connectivity index (χ1v) is 15.4. The summed E-state index contributed by atoms with van der Waals surface area (Å²) in [5, 5.41) is 14.9. The number of hydrogen-bond donors (Lipinski definition) is 2. The number of ether oxygens (including phenoxy) is 5. The second kappa shape index (κ2) is 12.1. The van der Waals surface area contributed by atoms with Crippen LogP contribution in [0.3, 0.4) is 0 Å². The molecule has 1 saturated heterocycles. The number of carbonyl (C=O) groups excluding carboxylic acids is 4. The molecule has 12 nitrogen and oxygen atoms in total. The van der Waals surface area contributed by atoms with Crippen molar-refractivity contribution in [3.8, 4) is 11.5 Å². The van der Waals surface area contributed by atoms with Crippen LogP contribution in [0.1, 0.15) is 55.9 Å². The van der Waals surface area contributed by atoms with Gasteiger partial charge in [-0.3, -0.25) is 14.4 Å². The first-order chi connectivity index (χ1) is 22.0. The molecule has 1 spiro atoms. The van der Waals surface area contributed by atoms with Crippen molar-refractivity contribution in [1.29, 1.82) is 0 Å². The minimum Gasteiger partial charge on any atom is -0.493 e. The van der Waals surface area contributed by atoms with E-state index in [9.17, 15) is 24.3 Å². The summed E-state index contributed by atoms with van der Waals surface area (Å²) in [5.41, 5.74) is 0.480. The van der Waals surface area contributed by atoms with Gasteiger partial charge in [0.2, 0.25) is 6.10 Å². The molecule has 1 fully saturated rings. The summed E-state index contributed by atoms with van der Waals surface area (Å²) in [4.78, 5) is 52.3. The quantitative estimate of drug-likeness (QED) is 0.293. The lowest BCUT2D eigenvalue weighted by atomic mass is 9.50. The predicted molar refractivity (Wildman–Crippen MR) is 162 cm³/mol. The topological polar surface area (TPSA) is 150 Å². The smallest absolute Gasteiger partial charge is 0.352 e. The highest BCUT2D eigenvalue weighted by molar-refractivity contribution is 5.85. The van der Waals surface area contributed by atoms with Gasteiger partial charge in [-0.05, 0) is 51.1 Å². The number of piperidine rings is 1. The SMILES string of the molecule is COc1ccc2c3c1O[C@@H]1C(OC(=O)[C@H](C)OC(=O)CCNC(=O)[C@@H](OC(C)=O)c4ccccc4)=CC[C@]4(O)[C@H](C2)N(C)CC[C@@]314. The standard InChI is InChI=1S/C34H38N2O10/c1-19(43-26(38)13-16-35-31(39)28(44-20(2)37)21-8-6-5-7-9-21)32(40)45-24-12-14-34(41)25-18-22-10-11-23(42-4)29-27(22)33(34,30(24)46-29)15-17-36(25)3/h5-12,19,25,28,30,41H,13-18H2,1-4H3,(H,35,39)/t19-,25-,28-,30+,33+,34-/m0/s1. The second-order valence-corrected chi connectivity index (χ2v) is 12.3. The van der Waals surface area contributed by atoms with E-state index in [1.807, 2.05) is 19.2 Å². The van der Waals surface area contributed by atoms with Gasteiger partial charge in [-0.2, -0.15) is 0 Å². The molecule has 2 aromatic carbocycles. The van der Waals surface area contributed by atoms with Crippen molar-refractivity contribution in [2.75, 3.05) is 27.2 Å². The number of aliphatic hydroxyl groups is 1. The average molecular weight is 635 g/mol. The van der Waals surface area contributed by atoms with E-state index < -0.39 is 53.1 Å². The molecule has 4 aliphatic rings. The summed E-state index contributed by atoms with van der Waals surface area (Å²) in [6, 6.07) is 12.2. The predicted octanol–water partition coefficient (Wildman–Crippen LogP) is 2.26. The van der Waals surface area contributed by atoms with Crippen molar-refractivity contribution in [2.24, 2.45) is 0 Å². The fourth-order valence-electron chi connectivity index (χ4n) is 7.54. The molecule has 0 aromatic heterocycles. The number of likely N-dealkylation sites (tertiary alicyclic amines) is 1. The fraction of sp³-hybridized carbons (Fsp3) is 0.471. The van der Waals surface area contributed by atoms with Crippen LogP contribution in [0.5, 0.6) is 11.5 Å². The van der Waals surface area contributed by atoms with Crippen LogP contribution in [-0.4, -0.2) is 84.9 Å². The Morgan fingerprint density at radius 3 is 2.61 bits per heavy atom. The number of esters is 3. The van der Waals surface area contributed by atoms with Crippen LogP contribution in [-0.2, 0) is 45.2 Å². The molecule has 2 aliphatic carbocycles. The summed E-state index contributed by atoms with van der Waals surface area (Å²) in [6.45, 7) is 3.22. The molecule has 6 atom stereocenters. The summed E-state index contributed by atoms with van der Waals surface area (Å²) < 4.78 is 28.4. The molecular formula is C34H38N2O10. The van der Waals surface area contributed by atoms with Crippen molar-refractivity contribution in [3.05, 3.63) is 71.0 Å². The Hall–Kier alpha value is -4.42. The summed E-state index contributed by atoms with van der Waals surface area (Å²) in [7, 11) is 3.57. The third-order valence-corrected chi connectivity index (χ3v) is 9.67. The van der Waals surface area contributed by atoms with Gasteiger partial charge in [-0.1, -0.05) is 36.4 Å². The maximum Gasteiger partial charge on any atom is 0.352 e. The maximum atomic E-state index is 13.2. The average Bonchev–Trinajstić information content (AvgIpc) is 3.39. The van der Waals surface area contributed by atoms with E-state index in [0.29, 0.717) is 29.9 Å². The minimum atomic E-state index is -1.26. The Kier molecular flexibility index (Phi) is 8.28. The van der Waals surface area contributed by atoms with E-state index in [2.05, 4.69) is 10.2 Å². The Balaban J connectivity index is 1.10. The number of nitrogens with zero attached hydrogens (tertiary/aromatic N) is 1. The van der Waals surface area contributed by atoms with E-state index >= 15 is 0 Å². The van der Waals surface area contributed by atoms with Gasteiger partial charge in [0, 0.05) is 37.1 Å². The monoisotopic (exact) mass is 634 g/mol. The van der Waals surface area contributed by atoms with E-state index in [0.717, 1.165) is 17.7 Å². The van der Waals surface area contributed by atoms with E-state index in [4.69, 9.17) is 23.7 Å². The highest BCUT2D eigenvalue weighted by Crippen LogP contribution is 2.65. The first kappa shape index (κ1) is 31.6. The lowest BCUT2D eigenvalue weighted by Gasteiger charge is -2.61. The highest BCUT2D eigenvalue weighted by atomic mass is 16.6. The van der Waals surface area contributed by atoms with Crippen molar-refractivity contribution in [3.63, 3.8) is 0 Å². The molecule has 2 aliphatic heterocycles. The summed E-state index contributed by atoms with van der Waals surface area (Å²) in [5.74, 6) is -1.39. The zero-order valence-electron chi connectivity index (χ0n) is 26.2. The Labute approximate surface area is 266 Å². The molecule has 2 aromatic rings. The number of amides is 1.